The van der Waals surface area contributed by atoms with Crippen molar-refractivity contribution < 1.29 is 5.11 Å². The van der Waals surface area contributed by atoms with Crippen LogP contribution in [0, 0.1) is 6.92 Å². The minimum absolute atomic E-state index is 0.107. The highest BCUT2D eigenvalue weighted by atomic mass is 16.3. The first-order valence-corrected chi connectivity index (χ1v) is 4.91. The molecule has 0 spiro atoms. The maximum atomic E-state index is 9.05. The predicted molar refractivity (Wildman–Crippen MR) is 60.4 cm³/mol. The van der Waals surface area contributed by atoms with Crippen LogP contribution in [0.4, 0.5) is 11.4 Å². The standard InChI is InChI=1S/C11H18N2O/c1-3-9(7-14)13-11-6-4-5-10(12)8(11)2/h4-6,9,13-14H,3,7,12H2,1-2H3. The number of nitrogens with one attached hydrogen (secondary N) is 1. The van der Waals surface area contributed by atoms with E-state index in [1.54, 1.807) is 0 Å². The van der Waals surface area contributed by atoms with Crippen LogP contribution in [0.3, 0.4) is 0 Å². The molecule has 1 rings (SSSR count). The third kappa shape index (κ3) is 2.39. The summed E-state index contributed by atoms with van der Waals surface area (Å²) in [6.07, 6.45) is 0.894. The van der Waals surface area contributed by atoms with Crippen molar-refractivity contribution in [2.24, 2.45) is 0 Å². The molecule has 3 heteroatoms. The van der Waals surface area contributed by atoms with Crippen LogP contribution in [0.1, 0.15) is 18.9 Å². The third-order valence-electron chi connectivity index (χ3n) is 2.45. The largest absolute Gasteiger partial charge is 0.398 e. The van der Waals surface area contributed by atoms with Gasteiger partial charge in [-0.3, -0.25) is 0 Å². The number of nitrogen functional groups attached to an aromatic ring is 1. The summed E-state index contributed by atoms with van der Waals surface area (Å²) in [6.45, 7) is 4.15. The van der Waals surface area contributed by atoms with E-state index >= 15 is 0 Å². The molecule has 0 saturated heterocycles. The quantitative estimate of drug-likeness (QED) is 0.640. The molecule has 0 amide bonds. The molecular formula is C11H18N2O. The molecule has 1 aromatic rings. The summed E-state index contributed by atoms with van der Waals surface area (Å²) >= 11 is 0. The number of hydrogen-bond acceptors (Lipinski definition) is 3. The molecule has 4 N–H and O–H groups in total. The number of aliphatic hydroxyl groups is 1. The van der Waals surface area contributed by atoms with Gasteiger partial charge < -0.3 is 16.2 Å². The number of hydrogen-bond donors (Lipinski definition) is 3. The highest BCUT2D eigenvalue weighted by Gasteiger charge is 2.06. The lowest BCUT2D eigenvalue weighted by Crippen LogP contribution is -2.23. The first kappa shape index (κ1) is 10.9. The highest BCUT2D eigenvalue weighted by Crippen LogP contribution is 2.21. The molecule has 0 saturated carbocycles. The summed E-state index contributed by atoms with van der Waals surface area (Å²) in [4.78, 5) is 0. The van der Waals surface area contributed by atoms with Gasteiger partial charge in [0.25, 0.3) is 0 Å². The van der Waals surface area contributed by atoms with Crippen LogP contribution in [0.25, 0.3) is 0 Å². The molecule has 3 nitrogen and oxygen atoms in total. The Morgan fingerprint density at radius 1 is 1.50 bits per heavy atom. The zero-order chi connectivity index (χ0) is 10.6. The van der Waals surface area contributed by atoms with E-state index in [9.17, 15) is 0 Å². The van der Waals surface area contributed by atoms with Gasteiger partial charge in [-0.1, -0.05) is 13.0 Å². The molecule has 0 heterocycles. The van der Waals surface area contributed by atoms with Gasteiger partial charge in [0.15, 0.2) is 0 Å². The molecule has 0 radical (unpaired) electrons. The molecule has 78 valence electrons. The molecule has 1 aromatic carbocycles. The minimum Gasteiger partial charge on any atom is -0.398 e. The zero-order valence-electron chi connectivity index (χ0n) is 8.75. The van der Waals surface area contributed by atoms with Crippen molar-refractivity contribution in [1.82, 2.24) is 0 Å². The van der Waals surface area contributed by atoms with Crippen molar-refractivity contribution in [3.8, 4) is 0 Å². The van der Waals surface area contributed by atoms with Crippen molar-refractivity contribution in [3.05, 3.63) is 23.8 Å². The average molecular weight is 194 g/mol. The second kappa shape index (κ2) is 4.86. The molecule has 0 fully saturated rings. The monoisotopic (exact) mass is 194 g/mol. The van der Waals surface area contributed by atoms with Gasteiger partial charge in [-0.25, -0.2) is 0 Å². The van der Waals surface area contributed by atoms with Gasteiger partial charge in [0, 0.05) is 17.4 Å². The summed E-state index contributed by atoms with van der Waals surface area (Å²) < 4.78 is 0. The van der Waals surface area contributed by atoms with Crippen LogP contribution in [0.15, 0.2) is 18.2 Å². The van der Waals surface area contributed by atoms with Crippen molar-refractivity contribution >= 4 is 11.4 Å². The van der Waals surface area contributed by atoms with Crippen LogP contribution in [0.5, 0.6) is 0 Å². The van der Waals surface area contributed by atoms with Gasteiger partial charge in [0.05, 0.1) is 6.61 Å². The lowest BCUT2D eigenvalue weighted by molar-refractivity contribution is 0.272. The van der Waals surface area contributed by atoms with Crippen LogP contribution >= 0.6 is 0 Å². The Bertz CT molecular complexity index is 295. The van der Waals surface area contributed by atoms with Gasteiger partial charge in [-0.05, 0) is 31.0 Å². The Morgan fingerprint density at radius 2 is 2.21 bits per heavy atom. The molecule has 0 aliphatic carbocycles. The van der Waals surface area contributed by atoms with Gasteiger partial charge >= 0.3 is 0 Å². The lowest BCUT2D eigenvalue weighted by atomic mass is 10.1. The van der Waals surface area contributed by atoms with Crippen molar-refractivity contribution in [2.45, 2.75) is 26.3 Å². The lowest BCUT2D eigenvalue weighted by Gasteiger charge is -2.17. The molecule has 0 bridgehead atoms. The van der Waals surface area contributed by atoms with E-state index in [-0.39, 0.29) is 12.6 Å². The van der Waals surface area contributed by atoms with E-state index in [0.29, 0.717) is 0 Å². The van der Waals surface area contributed by atoms with Gasteiger partial charge in [-0.2, -0.15) is 0 Å². The second-order valence-electron chi connectivity index (χ2n) is 3.45. The zero-order valence-corrected chi connectivity index (χ0v) is 8.75. The van der Waals surface area contributed by atoms with E-state index in [0.717, 1.165) is 23.4 Å². The minimum atomic E-state index is 0.107. The molecule has 1 atom stereocenters. The number of benzene rings is 1. The molecule has 0 aliphatic rings. The van der Waals surface area contributed by atoms with Crippen LogP contribution in [0.2, 0.25) is 0 Å². The number of anilines is 2. The number of rotatable bonds is 4. The molecule has 1 unspecified atom stereocenters. The topological polar surface area (TPSA) is 58.3 Å². The predicted octanol–water partition coefficient (Wildman–Crippen LogP) is 1.76. The Kier molecular flexibility index (Phi) is 3.77. The number of nitrogens with two attached hydrogens (primary N) is 1. The third-order valence-corrected chi connectivity index (χ3v) is 2.45. The summed E-state index contributed by atoms with van der Waals surface area (Å²) in [5.74, 6) is 0. The fraction of sp³-hybridized carbons (Fsp3) is 0.455. The van der Waals surface area contributed by atoms with E-state index < -0.39 is 0 Å². The maximum absolute atomic E-state index is 9.05. The highest BCUT2D eigenvalue weighted by molar-refractivity contribution is 5.63. The average Bonchev–Trinajstić information content (AvgIpc) is 2.20. The summed E-state index contributed by atoms with van der Waals surface area (Å²) in [5.41, 5.74) is 8.60. The SMILES string of the molecule is CCC(CO)Nc1cccc(N)c1C. The van der Waals surface area contributed by atoms with E-state index in [1.165, 1.54) is 0 Å². The first-order chi connectivity index (χ1) is 6.69. The van der Waals surface area contributed by atoms with Crippen molar-refractivity contribution in [1.29, 1.82) is 0 Å². The first-order valence-electron chi connectivity index (χ1n) is 4.91. The summed E-state index contributed by atoms with van der Waals surface area (Å²) in [6, 6.07) is 5.87. The Hall–Kier alpha value is -1.22. The van der Waals surface area contributed by atoms with Gasteiger partial charge in [-0.15, -0.1) is 0 Å². The van der Waals surface area contributed by atoms with Crippen LogP contribution in [-0.4, -0.2) is 17.8 Å². The van der Waals surface area contributed by atoms with E-state index in [2.05, 4.69) is 5.32 Å². The smallest absolute Gasteiger partial charge is 0.0632 e. The Morgan fingerprint density at radius 3 is 2.79 bits per heavy atom. The normalized spacial score (nSPS) is 12.5. The molecule has 0 aromatic heterocycles. The van der Waals surface area contributed by atoms with Gasteiger partial charge in [0.2, 0.25) is 0 Å². The van der Waals surface area contributed by atoms with Crippen molar-refractivity contribution in [3.63, 3.8) is 0 Å². The molecule has 0 aliphatic heterocycles. The van der Waals surface area contributed by atoms with Gasteiger partial charge in [0.1, 0.15) is 0 Å². The van der Waals surface area contributed by atoms with Crippen LogP contribution in [-0.2, 0) is 0 Å². The summed E-state index contributed by atoms with van der Waals surface area (Å²) in [7, 11) is 0. The Balaban J connectivity index is 2.80. The second-order valence-corrected chi connectivity index (χ2v) is 3.45. The Labute approximate surface area is 84.9 Å². The molecular weight excluding hydrogens is 176 g/mol. The summed E-state index contributed by atoms with van der Waals surface area (Å²) in [5, 5.41) is 12.3. The fourth-order valence-electron chi connectivity index (χ4n) is 1.31. The number of aliphatic hydroxyl groups excluding tert-OH is 1. The van der Waals surface area contributed by atoms with Crippen LogP contribution < -0.4 is 11.1 Å². The maximum Gasteiger partial charge on any atom is 0.0632 e. The fourth-order valence-corrected chi connectivity index (χ4v) is 1.31. The van der Waals surface area contributed by atoms with E-state index in [1.807, 2.05) is 32.0 Å². The van der Waals surface area contributed by atoms with E-state index in [4.69, 9.17) is 10.8 Å². The van der Waals surface area contributed by atoms with Crippen molar-refractivity contribution in [2.75, 3.05) is 17.7 Å². The molecule has 14 heavy (non-hydrogen) atoms.